The van der Waals surface area contributed by atoms with E-state index in [0.717, 1.165) is 19.6 Å². The largest absolute Gasteiger partial charge is 0.374 e. The minimum atomic E-state index is -0.245. The zero-order valence-corrected chi connectivity index (χ0v) is 17.2. The van der Waals surface area contributed by atoms with Crippen LogP contribution < -0.4 is 10.6 Å². The molecule has 1 fully saturated rings. The first kappa shape index (κ1) is 19.4. The number of morpholine rings is 1. The van der Waals surface area contributed by atoms with Crippen molar-refractivity contribution in [3.05, 3.63) is 62.7 Å². The summed E-state index contributed by atoms with van der Waals surface area (Å²) in [5.41, 5.74) is 2.00. The summed E-state index contributed by atoms with van der Waals surface area (Å²) in [6.07, 6.45) is -0.0116. The number of amides is 2. The number of benzene rings is 2. The van der Waals surface area contributed by atoms with Crippen LogP contribution in [0.4, 0.5) is 10.5 Å². The lowest BCUT2D eigenvalue weighted by atomic mass is 10.2. The highest BCUT2D eigenvalue weighted by atomic mass is 127. The number of urea groups is 1. The third kappa shape index (κ3) is 6.12. The molecule has 1 aliphatic rings. The average Bonchev–Trinajstić information content (AvgIpc) is 2.62. The fourth-order valence-corrected chi connectivity index (χ4v) is 3.59. The van der Waals surface area contributed by atoms with Crippen LogP contribution in [0.25, 0.3) is 0 Å². The van der Waals surface area contributed by atoms with Crippen molar-refractivity contribution in [2.75, 3.05) is 31.6 Å². The second-order valence-corrected chi connectivity index (χ2v) is 7.88. The molecule has 0 saturated carbocycles. The van der Waals surface area contributed by atoms with Gasteiger partial charge in [0.05, 0.1) is 12.7 Å². The SMILES string of the molecule is O=C(NCC1CN(Cc2cccc(I)c2)CCO1)Nc1ccc(Cl)cc1. The van der Waals surface area contributed by atoms with Gasteiger partial charge in [-0.05, 0) is 64.6 Å². The predicted octanol–water partition coefficient (Wildman–Crippen LogP) is 3.97. The molecule has 0 spiro atoms. The molecule has 2 N–H and O–H groups in total. The Morgan fingerprint density at radius 3 is 2.85 bits per heavy atom. The predicted molar refractivity (Wildman–Crippen MR) is 113 cm³/mol. The van der Waals surface area contributed by atoms with E-state index in [-0.39, 0.29) is 12.1 Å². The van der Waals surface area contributed by atoms with E-state index in [0.29, 0.717) is 23.9 Å². The van der Waals surface area contributed by atoms with E-state index >= 15 is 0 Å². The minimum Gasteiger partial charge on any atom is -0.374 e. The molecule has 7 heteroatoms. The monoisotopic (exact) mass is 485 g/mol. The molecule has 1 aliphatic heterocycles. The minimum absolute atomic E-state index is 0.0116. The highest BCUT2D eigenvalue weighted by Crippen LogP contribution is 2.14. The van der Waals surface area contributed by atoms with Crippen molar-refractivity contribution in [3.8, 4) is 0 Å². The molecule has 2 amide bonds. The summed E-state index contributed by atoms with van der Waals surface area (Å²) < 4.78 is 7.02. The number of nitrogens with one attached hydrogen (secondary N) is 2. The molecule has 2 aromatic carbocycles. The lowest BCUT2D eigenvalue weighted by molar-refractivity contribution is -0.0285. The lowest BCUT2D eigenvalue weighted by Crippen LogP contribution is -2.47. The Bertz CT molecular complexity index is 742. The smallest absolute Gasteiger partial charge is 0.319 e. The summed E-state index contributed by atoms with van der Waals surface area (Å²) in [4.78, 5) is 14.4. The molecule has 1 unspecified atom stereocenters. The van der Waals surface area contributed by atoms with Crippen LogP contribution in [0, 0.1) is 3.57 Å². The summed E-state index contributed by atoms with van der Waals surface area (Å²) in [6, 6.07) is 15.3. The van der Waals surface area contributed by atoms with E-state index in [9.17, 15) is 4.79 Å². The second-order valence-electron chi connectivity index (χ2n) is 6.20. The number of carbonyl (C=O) groups excluding carboxylic acids is 1. The molecule has 1 saturated heterocycles. The average molecular weight is 486 g/mol. The van der Waals surface area contributed by atoms with Crippen LogP contribution in [0.1, 0.15) is 5.56 Å². The Balaban J connectivity index is 1.44. The maximum absolute atomic E-state index is 12.0. The summed E-state index contributed by atoms with van der Waals surface area (Å²) in [6.45, 7) is 3.75. The van der Waals surface area contributed by atoms with Crippen molar-refractivity contribution in [2.24, 2.45) is 0 Å². The number of hydrogen-bond acceptors (Lipinski definition) is 3. The van der Waals surface area contributed by atoms with E-state index in [2.05, 4.69) is 62.4 Å². The number of anilines is 1. The second kappa shape index (κ2) is 9.55. The molecule has 1 atom stereocenters. The molecule has 2 aromatic rings. The van der Waals surface area contributed by atoms with Gasteiger partial charge in [-0.15, -0.1) is 0 Å². The van der Waals surface area contributed by atoms with Crippen LogP contribution in [-0.4, -0.2) is 43.3 Å². The molecule has 0 radical (unpaired) electrons. The van der Waals surface area contributed by atoms with Crippen LogP contribution in [0.2, 0.25) is 5.02 Å². The van der Waals surface area contributed by atoms with Crippen LogP contribution >= 0.6 is 34.2 Å². The van der Waals surface area contributed by atoms with Crippen molar-refractivity contribution in [1.29, 1.82) is 0 Å². The quantitative estimate of drug-likeness (QED) is 0.630. The molecule has 3 rings (SSSR count). The molecular formula is C19H21ClIN3O2. The van der Waals surface area contributed by atoms with E-state index in [1.54, 1.807) is 24.3 Å². The van der Waals surface area contributed by atoms with E-state index in [1.807, 2.05) is 0 Å². The van der Waals surface area contributed by atoms with Gasteiger partial charge in [-0.25, -0.2) is 4.79 Å². The lowest BCUT2D eigenvalue weighted by Gasteiger charge is -2.33. The Morgan fingerprint density at radius 1 is 1.27 bits per heavy atom. The van der Waals surface area contributed by atoms with E-state index in [4.69, 9.17) is 16.3 Å². The Labute approximate surface area is 172 Å². The number of hydrogen-bond donors (Lipinski definition) is 2. The zero-order valence-electron chi connectivity index (χ0n) is 14.3. The maximum Gasteiger partial charge on any atom is 0.319 e. The summed E-state index contributed by atoms with van der Waals surface area (Å²) >= 11 is 8.17. The Kier molecular flexibility index (Phi) is 7.13. The molecular weight excluding hydrogens is 465 g/mol. The molecule has 0 aromatic heterocycles. The van der Waals surface area contributed by atoms with Gasteiger partial charge < -0.3 is 15.4 Å². The maximum atomic E-state index is 12.0. The third-order valence-electron chi connectivity index (χ3n) is 4.11. The van der Waals surface area contributed by atoms with Crippen LogP contribution in [0.5, 0.6) is 0 Å². The number of rotatable bonds is 5. The first-order chi connectivity index (χ1) is 12.6. The van der Waals surface area contributed by atoms with Gasteiger partial charge in [0.2, 0.25) is 0 Å². The van der Waals surface area contributed by atoms with Crippen LogP contribution in [-0.2, 0) is 11.3 Å². The molecule has 26 heavy (non-hydrogen) atoms. The summed E-state index contributed by atoms with van der Waals surface area (Å²) in [5, 5.41) is 6.30. The first-order valence-electron chi connectivity index (χ1n) is 8.47. The van der Waals surface area contributed by atoms with E-state index in [1.165, 1.54) is 9.13 Å². The Morgan fingerprint density at radius 2 is 2.08 bits per heavy atom. The van der Waals surface area contributed by atoms with Crippen LogP contribution in [0.3, 0.4) is 0 Å². The molecule has 1 heterocycles. The first-order valence-corrected chi connectivity index (χ1v) is 9.93. The Hall–Kier alpha value is -1.35. The highest BCUT2D eigenvalue weighted by Gasteiger charge is 2.21. The fraction of sp³-hybridized carbons (Fsp3) is 0.316. The van der Waals surface area contributed by atoms with Crippen molar-refractivity contribution in [3.63, 3.8) is 0 Å². The van der Waals surface area contributed by atoms with E-state index < -0.39 is 0 Å². The van der Waals surface area contributed by atoms with Gasteiger partial charge >= 0.3 is 6.03 Å². The standard InChI is InChI=1S/C19H21ClIN3O2/c20-15-4-6-17(7-5-15)23-19(25)22-11-18-13-24(8-9-26-18)12-14-2-1-3-16(21)10-14/h1-7,10,18H,8-9,11-13H2,(H2,22,23,25). The molecule has 0 aliphatic carbocycles. The van der Waals surface area contributed by atoms with Gasteiger partial charge in [-0.1, -0.05) is 23.7 Å². The number of halogens is 2. The van der Waals surface area contributed by atoms with Gasteiger partial charge in [0, 0.05) is 40.5 Å². The molecule has 5 nitrogen and oxygen atoms in total. The fourth-order valence-electron chi connectivity index (χ4n) is 2.86. The topological polar surface area (TPSA) is 53.6 Å². The number of carbonyl (C=O) groups is 1. The van der Waals surface area contributed by atoms with Gasteiger partial charge in [0.15, 0.2) is 0 Å². The van der Waals surface area contributed by atoms with Crippen molar-refractivity contribution in [2.45, 2.75) is 12.6 Å². The highest BCUT2D eigenvalue weighted by molar-refractivity contribution is 14.1. The summed E-state index contributed by atoms with van der Waals surface area (Å²) in [5.74, 6) is 0. The zero-order chi connectivity index (χ0) is 18.4. The summed E-state index contributed by atoms with van der Waals surface area (Å²) in [7, 11) is 0. The van der Waals surface area contributed by atoms with Crippen LogP contribution in [0.15, 0.2) is 48.5 Å². The number of ether oxygens (including phenoxy) is 1. The van der Waals surface area contributed by atoms with Gasteiger partial charge in [0.25, 0.3) is 0 Å². The van der Waals surface area contributed by atoms with Crippen molar-refractivity contribution >= 4 is 45.9 Å². The van der Waals surface area contributed by atoms with Crippen molar-refractivity contribution < 1.29 is 9.53 Å². The van der Waals surface area contributed by atoms with Gasteiger partial charge in [0.1, 0.15) is 0 Å². The van der Waals surface area contributed by atoms with Crippen molar-refractivity contribution in [1.82, 2.24) is 10.2 Å². The number of nitrogens with zero attached hydrogens (tertiary/aromatic N) is 1. The van der Waals surface area contributed by atoms with Gasteiger partial charge in [-0.2, -0.15) is 0 Å². The van der Waals surface area contributed by atoms with Gasteiger partial charge in [-0.3, -0.25) is 4.90 Å². The molecule has 138 valence electrons. The third-order valence-corrected chi connectivity index (χ3v) is 5.03. The molecule has 0 bridgehead atoms. The normalized spacial score (nSPS) is 17.7.